The van der Waals surface area contributed by atoms with Crippen molar-refractivity contribution >= 4 is 6.09 Å². The van der Waals surface area contributed by atoms with Gasteiger partial charge in [0.2, 0.25) is 5.88 Å². The first-order chi connectivity index (χ1) is 14.0. The molecule has 2 atom stereocenters. The third kappa shape index (κ3) is 3.90. The largest absolute Gasteiger partial charge is 0.481 e. The highest BCUT2D eigenvalue weighted by atomic mass is 19.1. The smallest absolute Gasteiger partial charge is 0.410 e. The molecule has 2 aromatic rings. The Hall–Kier alpha value is -2.71. The van der Waals surface area contributed by atoms with Gasteiger partial charge in [0.1, 0.15) is 12.4 Å². The first kappa shape index (κ1) is 19.6. The van der Waals surface area contributed by atoms with Crippen LogP contribution >= 0.6 is 0 Å². The molecule has 3 heterocycles. The zero-order valence-electron chi connectivity index (χ0n) is 16.1. The fourth-order valence-corrected chi connectivity index (χ4v) is 4.21. The number of fused-ring (bicyclic) bond motifs is 2. The third-order valence-corrected chi connectivity index (χ3v) is 5.48. The average molecular weight is 402 g/mol. The summed E-state index contributed by atoms with van der Waals surface area (Å²) < 4.78 is 30.2. The number of carbonyl (C=O) groups is 1. The zero-order valence-corrected chi connectivity index (χ0v) is 16.1. The van der Waals surface area contributed by atoms with Gasteiger partial charge in [0.25, 0.3) is 0 Å². The van der Waals surface area contributed by atoms with E-state index in [0.29, 0.717) is 0 Å². The molecular weight excluding hydrogens is 379 g/mol. The third-order valence-electron chi connectivity index (χ3n) is 5.48. The van der Waals surface area contributed by atoms with Crippen molar-refractivity contribution in [2.75, 3.05) is 20.3 Å². The monoisotopic (exact) mass is 402 g/mol. The summed E-state index contributed by atoms with van der Waals surface area (Å²) in [7, 11) is 1.42. The molecule has 1 aromatic carbocycles. The van der Waals surface area contributed by atoms with Gasteiger partial charge in [0.05, 0.1) is 44.2 Å². The summed E-state index contributed by atoms with van der Waals surface area (Å²) in [5.74, 6) is -0.381. The van der Waals surface area contributed by atoms with Crippen LogP contribution in [0.25, 0.3) is 0 Å². The summed E-state index contributed by atoms with van der Waals surface area (Å²) in [5, 5.41) is 11.4. The van der Waals surface area contributed by atoms with Crippen LogP contribution in [-0.2, 0) is 21.7 Å². The Morgan fingerprint density at radius 2 is 2.00 bits per heavy atom. The Labute approximate surface area is 168 Å². The van der Waals surface area contributed by atoms with Crippen LogP contribution in [0.5, 0.6) is 5.88 Å². The summed E-state index contributed by atoms with van der Waals surface area (Å²) in [6, 6.07) is 9.87. The van der Waals surface area contributed by atoms with Crippen molar-refractivity contribution in [1.82, 2.24) is 9.88 Å². The van der Waals surface area contributed by atoms with E-state index in [0.717, 1.165) is 11.8 Å². The highest BCUT2D eigenvalue weighted by Crippen LogP contribution is 2.43. The molecule has 0 saturated carbocycles. The predicted molar refractivity (Wildman–Crippen MR) is 101 cm³/mol. The molecule has 4 rings (SSSR count). The van der Waals surface area contributed by atoms with Crippen molar-refractivity contribution < 1.29 is 28.5 Å². The summed E-state index contributed by atoms with van der Waals surface area (Å²) in [6.45, 7) is 0.705. The van der Waals surface area contributed by atoms with Gasteiger partial charge < -0.3 is 19.3 Å². The van der Waals surface area contributed by atoms with Crippen molar-refractivity contribution in [1.29, 1.82) is 0 Å². The maximum atomic E-state index is 13.8. The number of hydrogen-bond acceptors (Lipinski definition) is 6. The molecule has 1 N–H and O–H groups in total. The number of carbonyl (C=O) groups excluding carboxylic acids is 1. The van der Waals surface area contributed by atoms with E-state index in [9.17, 15) is 14.3 Å². The molecule has 8 heteroatoms. The maximum Gasteiger partial charge on any atom is 0.410 e. The minimum Gasteiger partial charge on any atom is -0.481 e. The molecule has 2 unspecified atom stereocenters. The summed E-state index contributed by atoms with van der Waals surface area (Å²) in [4.78, 5) is 18.4. The van der Waals surface area contributed by atoms with Gasteiger partial charge in [-0.15, -0.1) is 0 Å². The Morgan fingerprint density at radius 3 is 2.66 bits per heavy atom. The molecule has 154 valence electrons. The normalized spacial score (nSPS) is 26.1. The van der Waals surface area contributed by atoms with E-state index < -0.39 is 29.6 Å². The van der Waals surface area contributed by atoms with Crippen LogP contribution in [0.3, 0.4) is 0 Å². The number of nitrogens with zero attached hydrogens (tertiary/aromatic N) is 2. The Bertz CT molecular complexity index is 865. The van der Waals surface area contributed by atoms with Crippen molar-refractivity contribution in [2.24, 2.45) is 0 Å². The van der Waals surface area contributed by atoms with Gasteiger partial charge in [-0.05, 0) is 11.6 Å². The maximum absolute atomic E-state index is 13.8. The number of methoxy groups -OCH3 is 1. The van der Waals surface area contributed by atoms with E-state index in [4.69, 9.17) is 14.2 Å². The second-order valence-corrected chi connectivity index (χ2v) is 7.44. The molecule has 7 nitrogen and oxygen atoms in total. The number of benzene rings is 1. The van der Waals surface area contributed by atoms with E-state index >= 15 is 0 Å². The van der Waals surface area contributed by atoms with E-state index in [1.807, 2.05) is 30.3 Å². The summed E-state index contributed by atoms with van der Waals surface area (Å²) in [5.41, 5.74) is -0.198. The van der Waals surface area contributed by atoms with Gasteiger partial charge in [0, 0.05) is 18.4 Å². The minimum atomic E-state index is -1.38. The molecule has 2 aliphatic rings. The lowest BCUT2D eigenvalue weighted by Crippen LogP contribution is -2.62. The molecule has 2 fully saturated rings. The number of pyridine rings is 1. The van der Waals surface area contributed by atoms with Gasteiger partial charge in [-0.3, -0.25) is 4.90 Å². The summed E-state index contributed by atoms with van der Waals surface area (Å²) >= 11 is 0. The number of aliphatic hydroxyl groups is 1. The van der Waals surface area contributed by atoms with Crippen molar-refractivity contribution in [3.05, 3.63) is 59.5 Å². The second kappa shape index (κ2) is 7.96. The van der Waals surface area contributed by atoms with Crippen LogP contribution in [0.4, 0.5) is 9.18 Å². The standard InChI is InChI=1S/C21H23FN2O5/c1-27-19-18(7-15(22)10-23-19)21(26)8-16-12-28-13-17(9-21)24(16)20(25)29-11-14-5-3-2-4-6-14/h2-7,10,16-17,26H,8-9,11-13H2,1H3. The Balaban J connectivity index is 1.53. The molecule has 0 radical (unpaired) electrons. The number of hydrogen-bond donors (Lipinski definition) is 1. The predicted octanol–water partition coefficient (Wildman–Crippen LogP) is 2.62. The van der Waals surface area contributed by atoms with Crippen LogP contribution < -0.4 is 4.74 Å². The number of morpholine rings is 1. The van der Waals surface area contributed by atoms with E-state index in [1.54, 1.807) is 4.90 Å². The SMILES string of the molecule is COc1ncc(F)cc1C1(O)CC2COCC(C1)N2C(=O)OCc1ccccc1. The Kier molecular flexibility index (Phi) is 5.38. The van der Waals surface area contributed by atoms with E-state index in [1.165, 1.54) is 13.2 Å². The lowest BCUT2D eigenvalue weighted by Gasteiger charge is -2.50. The summed E-state index contributed by atoms with van der Waals surface area (Å²) in [6.07, 6.45) is 0.946. The molecule has 29 heavy (non-hydrogen) atoms. The molecule has 0 aliphatic carbocycles. The number of ether oxygens (including phenoxy) is 3. The van der Waals surface area contributed by atoms with Crippen LogP contribution in [0, 0.1) is 5.82 Å². The molecule has 1 amide bonds. The molecule has 0 spiro atoms. The highest BCUT2D eigenvalue weighted by molar-refractivity contribution is 5.69. The molecule has 2 saturated heterocycles. The molecular formula is C21H23FN2O5. The fourth-order valence-electron chi connectivity index (χ4n) is 4.21. The number of aromatic nitrogens is 1. The molecule has 2 bridgehead atoms. The number of amides is 1. The van der Waals surface area contributed by atoms with Crippen LogP contribution in [0.15, 0.2) is 42.6 Å². The first-order valence-electron chi connectivity index (χ1n) is 9.49. The number of rotatable bonds is 4. The number of halogens is 1. The second-order valence-electron chi connectivity index (χ2n) is 7.44. The van der Waals surface area contributed by atoms with Crippen LogP contribution in [0.2, 0.25) is 0 Å². The lowest BCUT2D eigenvalue weighted by atomic mass is 9.77. The highest BCUT2D eigenvalue weighted by Gasteiger charge is 2.50. The van der Waals surface area contributed by atoms with Crippen LogP contribution in [-0.4, -0.2) is 53.5 Å². The van der Waals surface area contributed by atoms with Gasteiger partial charge >= 0.3 is 6.09 Å². The first-order valence-corrected chi connectivity index (χ1v) is 9.49. The van der Waals surface area contributed by atoms with Crippen molar-refractivity contribution in [2.45, 2.75) is 37.1 Å². The van der Waals surface area contributed by atoms with Gasteiger partial charge in [-0.25, -0.2) is 14.2 Å². The Morgan fingerprint density at radius 1 is 1.31 bits per heavy atom. The van der Waals surface area contributed by atoms with Crippen molar-refractivity contribution in [3.63, 3.8) is 0 Å². The average Bonchev–Trinajstić information content (AvgIpc) is 2.72. The fraction of sp³-hybridized carbons (Fsp3) is 0.429. The van der Waals surface area contributed by atoms with Gasteiger partial charge in [0.15, 0.2) is 0 Å². The zero-order chi connectivity index (χ0) is 20.4. The van der Waals surface area contributed by atoms with E-state index in [2.05, 4.69) is 4.98 Å². The van der Waals surface area contributed by atoms with Gasteiger partial charge in [-0.1, -0.05) is 30.3 Å². The topological polar surface area (TPSA) is 81.1 Å². The minimum absolute atomic E-state index is 0.169. The molecule has 2 aliphatic heterocycles. The van der Waals surface area contributed by atoms with Crippen molar-refractivity contribution in [3.8, 4) is 5.88 Å². The lowest BCUT2D eigenvalue weighted by molar-refractivity contribution is -0.137. The van der Waals surface area contributed by atoms with E-state index in [-0.39, 0.29) is 44.1 Å². The molecule has 1 aromatic heterocycles. The van der Waals surface area contributed by atoms with Crippen LogP contribution in [0.1, 0.15) is 24.0 Å². The quantitative estimate of drug-likeness (QED) is 0.847. The van der Waals surface area contributed by atoms with Gasteiger partial charge in [-0.2, -0.15) is 0 Å². The number of piperidine rings is 1.